The van der Waals surface area contributed by atoms with E-state index in [1.165, 1.54) is 12.1 Å². The Labute approximate surface area is 226 Å². The molecule has 6 heterocycles. The number of pyridine rings is 3. The van der Waals surface area contributed by atoms with Crippen LogP contribution in [0.2, 0.25) is 0 Å². The van der Waals surface area contributed by atoms with Gasteiger partial charge in [-0.25, -0.2) is 23.1 Å². The number of likely N-dealkylation sites (tertiary alicyclic amines) is 1. The third kappa shape index (κ3) is 4.47. The Morgan fingerprint density at radius 3 is 2.65 bits per heavy atom. The second-order valence-electron chi connectivity index (χ2n) is 10.2. The Bertz CT molecular complexity index is 1870. The number of hydrogen-bond acceptors (Lipinski definition) is 6. The summed E-state index contributed by atoms with van der Waals surface area (Å²) in [7, 11) is 0. The van der Waals surface area contributed by atoms with E-state index in [9.17, 15) is 13.2 Å². The van der Waals surface area contributed by atoms with Gasteiger partial charge in [0.2, 0.25) is 0 Å². The molecule has 1 aliphatic rings. The van der Waals surface area contributed by atoms with Crippen molar-refractivity contribution < 1.29 is 13.2 Å². The standard InChI is InChI=1S/C29H23F3N8/c1-16-8-18(11-20(30)9-16)24-25-22(4-6-34-24)36-28(37-25)27-26-23(38-39-27)3-2-21(35-26)19-10-17(12-33-13-19)14-40-7-5-29(31,32)15-40/h2-4,6,8-13H,5,7,14-15H2,1H3,(H,36,37)(H,38,39). The summed E-state index contributed by atoms with van der Waals surface area (Å²) in [4.78, 5) is 23.5. The number of aryl methyl sites for hydroxylation is 1. The number of benzene rings is 1. The predicted octanol–water partition coefficient (Wildman–Crippen LogP) is 5.91. The number of fused-ring (bicyclic) bond motifs is 2. The van der Waals surface area contributed by atoms with E-state index in [0.717, 1.165) is 27.7 Å². The third-order valence-corrected chi connectivity index (χ3v) is 7.09. The first-order chi connectivity index (χ1) is 19.3. The first-order valence-corrected chi connectivity index (χ1v) is 12.8. The first kappa shape index (κ1) is 24.4. The average Bonchev–Trinajstić information content (AvgIpc) is 3.63. The number of aromatic nitrogens is 7. The maximum atomic E-state index is 14.1. The number of halogens is 3. The van der Waals surface area contributed by atoms with Gasteiger partial charge in [0.15, 0.2) is 11.5 Å². The van der Waals surface area contributed by atoms with Gasteiger partial charge in [0.1, 0.15) is 16.9 Å². The van der Waals surface area contributed by atoms with E-state index >= 15 is 0 Å². The molecule has 0 spiro atoms. The van der Waals surface area contributed by atoms with Gasteiger partial charge < -0.3 is 4.98 Å². The zero-order valence-corrected chi connectivity index (χ0v) is 21.4. The van der Waals surface area contributed by atoms with E-state index in [2.05, 4.69) is 25.1 Å². The van der Waals surface area contributed by atoms with E-state index in [-0.39, 0.29) is 18.8 Å². The fraction of sp³-hybridized carbons (Fsp3) is 0.207. The van der Waals surface area contributed by atoms with Gasteiger partial charge in [-0.15, -0.1) is 0 Å². The number of alkyl halides is 2. The van der Waals surface area contributed by atoms with Crippen molar-refractivity contribution in [1.29, 1.82) is 0 Å². The maximum absolute atomic E-state index is 14.1. The van der Waals surface area contributed by atoms with Crippen LogP contribution in [0, 0.1) is 12.7 Å². The van der Waals surface area contributed by atoms with Gasteiger partial charge in [-0.1, -0.05) is 0 Å². The number of H-pyrrole nitrogens is 2. The second kappa shape index (κ2) is 9.23. The van der Waals surface area contributed by atoms with Crippen molar-refractivity contribution in [3.05, 3.63) is 78.0 Å². The summed E-state index contributed by atoms with van der Waals surface area (Å²) in [5.41, 5.74) is 7.47. The average molecular weight is 541 g/mol. The van der Waals surface area contributed by atoms with Gasteiger partial charge in [0.05, 0.1) is 29.0 Å². The van der Waals surface area contributed by atoms with Gasteiger partial charge in [0, 0.05) is 49.2 Å². The molecule has 0 atom stereocenters. The van der Waals surface area contributed by atoms with Crippen LogP contribution in [0.5, 0.6) is 0 Å². The van der Waals surface area contributed by atoms with Crippen LogP contribution in [0.15, 0.2) is 61.1 Å². The molecule has 0 aliphatic carbocycles. The lowest BCUT2D eigenvalue weighted by molar-refractivity contribution is 0.0115. The fourth-order valence-electron chi connectivity index (χ4n) is 5.27. The van der Waals surface area contributed by atoms with Gasteiger partial charge in [-0.3, -0.25) is 20.0 Å². The molecule has 1 fully saturated rings. The zero-order chi connectivity index (χ0) is 27.4. The minimum Gasteiger partial charge on any atom is -0.336 e. The van der Waals surface area contributed by atoms with Crippen LogP contribution in [0.3, 0.4) is 0 Å². The number of rotatable bonds is 5. The molecular formula is C29H23F3N8. The smallest absolute Gasteiger partial charge is 0.261 e. The minimum atomic E-state index is -2.64. The Kier molecular flexibility index (Phi) is 5.63. The molecular weight excluding hydrogens is 517 g/mol. The SMILES string of the molecule is Cc1cc(F)cc(-c2nccc3[nH]c(-c4n[nH]c5ccc(-c6cncc(CN7CCC(F)(F)C7)c6)nc45)nc23)c1. The van der Waals surface area contributed by atoms with Crippen LogP contribution in [-0.2, 0) is 6.54 Å². The molecule has 200 valence electrons. The summed E-state index contributed by atoms with van der Waals surface area (Å²) in [6.45, 7) is 2.34. The highest BCUT2D eigenvalue weighted by Crippen LogP contribution is 2.32. The van der Waals surface area contributed by atoms with Crippen LogP contribution in [0.1, 0.15) is 17.5 Å². The molecule has 0 radical (unpaired) electrons. The molecule has 6 aromatic rings. The van der Waals surface area contributed by atoms with E-state index in [0.29, 0.717) is 52.6 Å². The molecule has 1 aromatic carbocycles. The summed E-state index contributed by atoms with van der Waals surface area (Å²) in [5, 5.41) is 7.48. The predicted molar refractivity (Wildman–Crippen MR) is 145 cm³/mol. The molecule has 1 aliphatic heterocycles. The number of nitrogens with one attached hydrogen (secondary N) is 2. The van der Waals surface area contributed by atoms with Gasteiger partial charge >= 0.3 is 0 Å². The van der Waals surface area contributed by atoms with Crippen LogP contribution >= 0.6 is 0 Å². The lowest BCUT2D eigenvalue weighted by Crippen LogP contribution is -2.24. The third-order valence-electron chi connectivity index (χ3n) is 7.09. The van der Waals surface area contributed by atoms with E-state index in [4.69, 9.17) is 9.97 Å². The number of imidazole rings is 1. The van der Waals surface area contributed by atoms with Gasteiger partial charge in [-0.2, -0.15) is 5.10 Å². The largest absolute Gasteiger partial charge is 0.336 e. The second-order valence-corrected chi connectivity index (χ2v) is 10.2. The van der Waals surface area contributed by atoms with Crippen molar-refractivity contribution >= 4 is 22.1 Å². The highest BCUT2D eigenvalue weighted by Gasteiger charge is 2.37. The molecule has 8 nitrogen and oxygen atoms in total. The van der Waals surface area contributed by atoms with Crippen molar-refractivity contribution in [2.75, 3.05) is 13.1 Å². The molecule has 0 saturated carbocycles. The Morgan fingerprint density at radius 2 is 1.82 bits per heavy atom. The highest BCUT2D eigenvalue weighted by molar-refractivity contribution is 5.95. The van der Waals surface area contributed by atoms with Crippen LogP contribution in [-0.4, -0.2) is 59.0 Å². The fourth-order valence-corrected chi connectivity index (χ4v) is 5.27. The first-order valence-electron chi connectivity index (χ1n) is 12.8. The summed E-state index contributed by atoms with van der Waals surface area (Å²) >= 11 is 0. The molecule has 0 unspecified atom stereocenters. The van der Waals surface area contributed by atoms with Crippen LogP contribution in [0.25, 0.3) is 56.1 Å². The van der Waals surface area contributed by atoms with E-state index < -0.39 is 5.92 Å². The maximum Gasteiger partial charge on any atom is 0.261 e. The highest BCUT2D eigenvalue weighted by atomic mass is 19.3. The summed E-state index contributed by atoms with van der Waals surface area (Å²) in [5.74, 6) is -2.48. The van der Waals surface area contributed by atoms with E-state index in [1.54, 1.807) is 23.5 Å². The van der Waals surface area contributed by atoms with Crippen molar-refractivity contribution in [3.63, 3.8) is 0 Å². The van der Waals surface area contributed by atoms with E-state index in [1.807, 2.05) is 37.3 Å². The summed E-state index contributed by atoms with van der Waals surface area (Å²) in [6.07, 6.45) is 4.93. The molecule has 40 heavy (non-hydrogen) atoms. The van der Waals surface area contributed by atoms with Gasteiger partial charge in [0.25, 0.3) is 5.92 Å². The Hall–Kier alpha value is -4.64. The lowest BCUT2D eigenvalue weighted by atomic mass is 10.1. The summed E-state index contributed by atoms with van der Waals surface area (Å²) in [6, 6.07) is 12.3. The van der Waals surface area contributed by atoms with Crippen LogP contribution in [0.4, 0.5) is 13.2 Å². The molecule has 11 heteroatoms. The Balaban J connectivity index is 1.25. The lowest BCUT2D eigenvalue weighted by Gasteiger charge is -2.15. The number of hydrogen-bond donors (Lipinski definition) is 2. The van der Waals surface area contributed by atoms with Crippen molar-refractivity contribution in [1.82, 2.24) is 40.0 Å². The van der Waals surface area contributed by atoms with Crippen molar-refractivity contribution in [2.45, 2.75) is 25.8 Å². The number of nitrogens with zero attached hydrogens (tertiary/aromatic N) is 6. The molecule has 0 bridgehead atoms. The Morgan fingerprint density at radius 1 is 0.950 bits per heavy atom. The van der Waals surface area contributed by atoms with Crippen LogP contribution < -0.4 is 0 Å². The topological polar surface area (TPSA) is 99.3 Å². The normalized spacial score (nSPS) is 15.4. The number of aromatic amines is 2. The molecule has 5 aromatic heterocycles. The van der Waals surface area contributed by atoms with Gasteiger partial charge in [-0.05, 0) is 60.5 Å². The summed E-state index contributed by atoms with van der Waals surface area (Å²) < 4.78 is 41.4. The van der Waals surface area contributed by atoms with Crippen molar-refractivity contribution in [2.24, 2.45) is 0 Å². The molecule has 7 rings (SSSR count). The van der Waals surface area contributed by atoms with Crippen molar-refractivity contribution in [3.8, 4) is 34.0 Å². The molecule has 2 N–H and O–H groups in total. The molecule has 1 saturated heterocycles. The minimum absolute atomic E-state index is 0.122. The monoisotopic (exact) mass is 540 g/mol. The zero-order valence-electron chi connectivity index (χ0n) is 21.4. The molecule has 0 amide bonds. The quantitative estimate of drug-likeness (QED) is 0.282.